The van der Waals surface area contributed by atoms with E-state index in [9.17, 15) is 9.59 Å². The van der Waals surface area contributed by atoms with Crippen molar-refractivity contribution in [3.05, 3.63) is 28.2 Å². The van der Waals surface area contributed by atoms with Gasteiger partial charge in [0.2, 0.25) is 0 Å². The molecule has 0 aromatic heterocycles. The van der Waals surface area contributed by atoms with Crippen molar-refractivity contribution in [3.63, 3.8) is 0 Å². The normalized spacial score (nSPS) is 11.7. The number of benzene rings is 1. The monoisotopic (exact) mass is 307 g/mol. The van der Waals surface area contributed by atoms with Crippen molar-refractivity contribution < 1.29 is 24.5 Å². The average Bonchev–Trinajstić information content (AvgIpc) is 2.36. The smallest absolute Gasteiger partial charge is 0.334 e. The second-order valence-electron chi connectivity index (χ2n) is 3.52. The summed E-state index contributed by atoms with van der Waals surface area (Å²) in [5.74, 6) is -1.77. The number of carbonyl (C=O) groups is 2. The van der Waals surface area contributed by atoms with Crippen LogP contribution in [0.3, 0.4) is 0 Å². The Morgan fingerprint density at radius 1 is 1.37 bits per heavy atom. The van der Waals surface area contributed by atoms with Gasteiger partial charge in [0, 0.05) is 11.1 Å². The Labute approximate surface area is 118 Å². The summed E-state index contributed by atoms with van der Waals surface area (Å²) in [4.78, 5) is 21.6. The molecule has 0 heterocycles. The van der Waals surface area contributed by atoms with Crippen molar-refractivity contribution in [2.45, 2.75) is 6.10 Å². The molecule has 104 valence electrons. The summed E-state index contributed by atoms with van der Waals surface area (Å²) in [6.07, 6.45) is -1.65. The van der Waals surface area contributed by atoms with Gasteiger partial charge >= 0.3 is 5.97 Å². The molecule has 0 aliphatic rings. The lowest BCUT2D eigenvalue weighted by atomic mass is 10.3. The van der Waals surface area contributed by atoms with Crippen LogP contribution in [0.5, 0.6) is 5.75 Å². The van der Waals surface area contributed by atoms with Crippen LogP contribution in [-0.4, -0.2) is 41.3 Å². The lowest BCUT2D eigenvalue weighted by Gasteiger charge is -2.10. The summed E-state index contributed by atoms with van der Waals surface area (Å²) in [6.45, 7) is -0.771. The van der Waals surface area contributed by atoms with Gasteiger partial charge in [-0.3, -0.25) is 4.79 Å². The third-order valence-corrected chi connectivity index (χ3v) is 2.58. The van der Waals surface area contributed by atoms with Gasteiger partial charge in [0.1, 0.15) is 5.75 Å². The number of aliphatic hydroxyl groups excluding tert-OH is 1. The zero-order valence-electron chi connectivity index (χ0n) is 9.60. The number of aliphatic carboxylic acids is 1. The molecule has 19 heavy (non-hydrogen) atoms. The molecule has 0 aliphatic carbocycles. The Morgan fingerprint density at radius 2 is 2.05 bits per heavy atom. The summed E-state index contributed by atoms with van der Waals surface area (Å²) >= 11 is 11.5. The molecule has 0 spiro atoms. The van der Waals surface area contributed by atoms with Crippen LogP contribution in [0.25, 0.3) is 0 Å². The maximum Gasteiger partial charge on any atom is 0.334 e. The van der Waals surface area contributed by atoms with Gasteiger partial charge in [0.15, 0.2) is 12.7 Å². The number of halogens is 2. The van der Waals surface area contributed by atoms with Crippen molar-refractivity contribution in [3.8, 4) is 5.75 Å². The maximum atomic E-state index is 11.3. The number of amides is 1. The number of nitrogens with one attached hydrogen (secondary N) is 1. The summed E-state index contributed by atoms with van der Waals surface area (Å²) < 4.78 is 5.11. The van der Waals surface area contributed by atoms with E-state index in [1.165, 1.54) is 12.1 Å². The number of aliphatic hydroxyl groups is 1. The Balaban J connectivity index is 2.42. The highest BCUT2D eigenvalue weighted by atomic mass is 35.5. The first-order chi connectivity index (χ1) is 8.90. The van der Waals surface area contributed by atoms with Crippen LogP contribution in [0.4, 0.5) is 0 Å². The fraction of sp³-hybridized carbons (Fsp3) is 0.273. The molecule has 1 atom stereocenters. The number of ether oxygens (including phenoxy) is 1. The fourth-order valence-electron chi connectivity index (χ4n) is 1.08. The third kappa shape index (κ3) is 5.34. The van der Waals surface area contributed by atoms with E-state index in [4.69, 9.17) is 38.2 Å². The van der Waals surface area contributed by atoms with E-state index < -0.39 is 24.5 Å². The lowest BCUT2D eigenvalue weighted by molar-refractivity contribution is -0.146. The first-order valence-electron chi connectivity index (χ1n) is 5.15. The number of carboxylic acids is 1. The van der Waals surface area contributed by atoms with Crippen molar-refractivity contribution in [1.82, 2.24) is 5.32 Å². The van der Waals surface area contributed by atoms with Gasteiger partial charge in [0.05, 0.1) is 11.6 Å². The van der Waals surface area contributed by atoms with E-state index >= 15 is 0 Å². The van der Waals surface area contributed by atoms with Crippen molar-refractivity contribution in [2.24, 2.45) is 0 Å². The number of carbonyl (C=O) groups excluding carboxylic acids is 1. The maximum absolute atomic E-state index is 11.3. The standard InChI is InChI=1S/C11H11Cl2NO5/c12-6-1-2-7(13)9(3-6)19-5-10(16)14-4-8(15)11(17)18/h1-3,8,15H,4-5H2,(H,14,16)(H,17,18). The first kappa shape index (κ1) is 15.6. The van der Waals surface area contributed by atoms with Crippen LogP contribution in [0.2, 0.25) is 10.0 Å². The Bertz CT molecular complexity index is 480. The lowest BCUT2D eigenvalue weighted by Crippen LogP contribution is -2.38. The molecule has 1 rings (SSSR count). The van der Waals surface area contributed by atoms with Crippen LogP contribution >= 0.6 is 23.2 Å². The first-order valence-corrected chi connectivity index (χ1v) is 5.91. The molecule has 8 heteroatoms. The van der Waals surface area contributed by atoms with Crippen LogP contribution in [0, 0.1) is 0 Å². The van der Waals surface area contributed by atoms with Crippen LogP contribution < -0.4 is 10.1 Å². The van der Waals surface area contributed by atoms with Gasteiger partial charge in [0.25, 0.3) is 5.91 Å². The summed E-state index contributed by atoms with van der Waals surface area (Å²) in [5, 5.41) is 20.2. The Hall–Kier alpha value is -1.50. The molecule has 0 aliphatic heterocycles. The number of rotatable bonds is 6. The highest BCUT2D eigenvalue weighted by Gasteiger charge is 2.14. The average molecular weight is 308 g/mol. The number of hydrogen-bond donors (Lipinski definition) is 3. The topological polar surface area (TPSA) is 95.9 Å². The molecule has 1 aromatic carbocycles. The van der Waals surface area contributed by atoms with E-state index in [0.717, 1.165) is 0 Å². The minimum atomic E-state index is -1.65. The SMILES string of the molecule is O=C(COc1cc(Cl)ccc1Cl)NCC(O)C(=O)O. The zero-order chi connectivity index (χ0) is 14.4. The molecule has 0 saturated carbocycles. The second kappa shape index (κ2) is 7.18. The van der Waals surface area contributed by atoms with Gasteiger partial charge in [-0.2, -0.15) is 0 Å². The summed E-state index contributed by atoms with van der Waals surface area (Å²) in [7, 11) is 0. The van der Waals surface area contributed by atoms with Crippen LogP contribution in [-0.2, 0) is 9.59 Å². The quantitative estimate of drug-likeness (QED) is 0.726. The molecule has 1 amide bonds. The van der Waals surface area contributed by atoms with E-state index in [-0.39, 0.29) is 12.4 Å². The molecular formula is C11H11Cl2NO5. The molecule has 0 radical (unpaired) electrons. The van der Waals surface area contributed by atoms with Crippen molar-refractivity contribution in [1.29, 1.82) is 0 Å². The van der Waals surface area contributed by atoms with E-state index in [1.807, 2.05) is 0 Å². The van der Waals surface area contributed by atoms with Gasteiger partial charge in [-0.1, -0.05) is 23.2 Å². The van der Waals surface area contributed by atoms with E-state index in [0.29, 0.717) is 10.0 Å². The Morgan fingerprint density at radius 3 is 2.68 bits per heavy atom. The summed E-state index contributed by atoms with van der Waals surface area (Å²) in [5.41, 5.74) is 0. The predicted octanol–water partition coefficient (Wildman–Crippen LogP) is 0.934. The molecule has 0 saturated heterocycles. The second-order valence-corrected chi connectivity index (χ2v) is 4.37. The van der Waals surface area contributed by atoms with Crippen LogP contribution in [0.1, 0.15) is 0 Å². The van der Waals surface area contributed by atoms with Crippen LogP contribution in [0.15, 0.2) is 18.2 Å². The Kier molecular flexibility index (Phi) is 5.88. The third-order valence-electron chi connectivity index (χ3n) is 2.03. The number of hydrogen-bond acceptors (Lipinski definition) is 4. The van der Waals surface area contributed by atoms with Crippen molar-refractivity contribution >= 4 is 35.1 Å². The molecule has 6 nitrogen and oxygen atoms in total. The molecule has 0 fully saturated rings. The van der Waals surface area contributed by atoms with Crippen molar-refractivity contribution in [2.75, 3.05) is 13.2 Å². The zero-order valence-corrected chi connectivity index (χ0v) is 11.1. The molecule has 3 N–H and O–H groups in total. The molecule has 0 bridgehead atoms. The number of carboxylic acid groups (broad SMARTS) is 1. The van der Waals surface area contributed by atoms with Gasteiger partial charge in [-0.15, -0.1) is 0 Å². The highest BCUT2D eigenvalue weighted by Crippen LogP contribution is 2.27. The van der Waals surface area contributed by atoms with Gasteiger partial charge in [-0.25, -0.2) is 4.79 Å². The van der Waals surface area contributed by atoms with Gasteiger partial charge in [-0.05, 0) is 12.1 Å². The fourth-order valence-corrected chi connectivity index (χ4v) is 1.41. The highest BCUT2D eigenvalue weighted by molar-refractivity contribution is 6.34. The molecular weight excluding hydrogens is 297 g/mol. The minimum Gasteiger partial charge on any atom is -0.482 e. The van der Waals surface area contributed by atoms with Gasteiger partial charge < -0.3 is 20.3 Å². The molecule has 1 unspecified atom stereocenters. The largest absolute Gasteiger partial charge is 0.482 e. The minimum absolute atomic E-state index is 0.239. The van der Waals surface area contributed by atoms with E-state index in [2.05, 4.69) is 5.32 Å². The predicted molar refractivity (Wildman–Crippen MR) is 68.6 cm³/mol. The van der Waals surface area contributed by atoms with E-state index in [1.54, 1.807) is 6.07 Å². The molecule has 1 aromatic rings. The summed E-state index contributed by atoms with van der Waals surface area (Å²) in [6, 6.07) is 4.54.